The third kappa shape index (κ3) is 2.83. The molecule has 1 N–H and O–H groups in total. The summed E-state index contributed by atoms with van der Waals surface area (Å²) >= 11 is 0. The smallest absolute Gasteiger partial charge is 0.321 e. The van der Waals surface area contributed by atoms with E-state index in [4.69, 9.17) is 4.42 Å². The molecule has 0 aromatic carbocycles. The molecule has 1 heterocycles. The van der Waals surface area contributed by atoms with Crippen molar-refractivity contribution < 1.29 is 4.42 Å². The second-order valence-electron chi connectivity index (χ2n) is 3.54. The second kappa shape index (κ2) is 4.63. The summed E-state index contributed by atoms with van der Waals surface area (Å²) in [5, 5.41) is 0. The number of aromatic amines is 1. The molecule has 15 heavy (non-hydrogen) atoms. The molecule has 0 spiro atoms. The van der Waals surface area contributed by atoms with Gasteiger partial charge < -0.3 is 4.98 Å². The first-order valence-electron chi connectivity index (χ1n) is 4.59. The number of hydrogen-bond donors (Lipinski definition) is 1. The van der Waals surface area contributed by atoms with E-state index in [1.165, 1.54) is 0 Å². The molecule has 0 aliphatic carbocycles. The van der Waals surface area contributed by atoms with E-state index >= 15 is 0 Å². The Labute approximate surface area is 88.6 Å². The SMILES string of the molecule is CN(C)C(=[O+]c1ccc[nH]c1=O)N(C)C. The first kappa shape index (κ1) is 11.3. The van der Waals surface area contributed by atoms with E-state index in [1.54, 1.807) is 28.1 Å². The number of hydrogen-bond acceptors (Lipinski definition) is 1. The highest BCUT2D eigenvalue weighted by Crippen LogP contribution is 2.13. The maximum atomic E-state index is 11.4. The van der Waals surface area contributed by atoms with E-state index in [0.29, 0.717) is 6.03 Å². The largest absolute Gasteiger partial charge is 0.513 e. The molecule has 0 aliphatic rings. The zero-order valence-electron chi connectivity index (χ0n) is 9.44. The summed E-state index contributed by atoms with van der Waals surface area (Å²) in [4.78, 5) is 17.5. The molecule has 0 radical (unpaired) electrons. The average molecular weight is 210 g/mol. The van der Waals surface area contributed by atoms with E-state index < -0.39 is 0 Å². The molecule has 1 aromatic rings. The van der Waals surface area contributed by atoms with Gasteiger partial charge in [0.05, 0.1) is 6.07 Å². The number of aromatic nitrogens is 1. The van der Waals surface area contributed by atoms with Gasteiger partial charge in [-0.1, -0.05) is 0 Å². The van der Waals surface area contributed by atoms with E-state index in [1.807, 2.05) is 28.2 Å². The van der Waals surface area contributed by atoms with Crippen LogP contribution in [0.1, 0.15) is 0 Å². The van der Waals surface area contributed by atoms with Crippen LogP contribution in [0, 0.1) is 0 Å². The maximum Gasteiger partial charge on any atom is 0.513 e. The van der Waals surface area contributed by atoms with Gasteiger partial charge in [0, 0.05) is 34.4 Å². The van der Waals surface area contributed by atoms with E-state index in [2.05, 4.69) is 4.98 Å². The Hall–Kier alpha value is -1.78. The van der Waals surface area contributed by atoms with Crippen molar-refractivity contribution in [2.45, 2.75) is 0 Å². The molecule has 0 bridgehead atoms. The minimum Gasteiger partial charge on any atom is -0.321 e. The number of urea groups is 1. The Morgan fingerprint density at radius 2 is 1.87 bits per heavy atom. The lowest BCUT2D eigenvalue weighted by Crippen LogP contribution is -2.34. The topological polar surface area (TPSA) is 50.6 Å². The van der Waals surface area contributed by atoms with Crippen LogP contribution in [0.5, 0.6) is 5.75 Å². The molecule has 0 saturated carbocycles. The van der Waals surface area contributed by atoms with Gasteiger partial charge in [-0.15, -0.1) is 0 Å². The van der Waals surface area contributed by atoms with Gasteiger partial charge in [0.25, 0.3) is 0 Å². The summed E-state index contributed by atoms with van der Waals surface area (Å²) in [6, 6.07) is 3.96. The summed E-state index contributed by atoms with van der Waals surface area (Å²) in [5.74, 6) is 0.287. The van der Waals surface area contributed by atoms with Crippen molar-refractivity contribution in [2.75, 3.05) is 28.2 Å². The number of pyridine rings is 1. The number of rotatable bonds is 1. The zero-order chi connectivity index (χ0) is 11.4. The predicted octanol–water partition coefficient (Wildman–Crippen LogP) is 0.867. The zero-order valence-corrected chi connectivity index (χ0v) is 9.44. The third-order valence-corrected chi connectivity index (χ3v) is 1.75. The van der Waals surface area contributed by atoms with Gasteiger partial charge in [-0.25, -0.2) is 0 Å². The van der Waals surface area contributed by atoms with Crippen LogP contribution in [0.15, 0.2) is 23.1 Å². The molecule has 0 atom stereocenters. The summed E-state index contributed by atoms with van der Waals surface area (Å²) in [5.41, 5.74) is -0.237. The van der Waals surface area contributed by atoms with Crippen molar-refractivity contribution >= 4 is 6.03 Å². The monoisotopic (exact) mass is 210 g/mol. The molecule has 5 nitrogen and oxygen atoms in total. The number of nitrogens with one attached hydrogen (secondary N) is 1. The normalized spacial score (nSPS) is 9.60. The fraction of sp³-hybridized carbons (Fsp3) is 0.400. The first-order chi connectivity index (χ1) is 7.02. The van der Waals surface area contributed by atoms with Crippen molar-refractivity contribution in [3.05, 3.63) is 28.7 Å². The molecule has 5 heteroatoms. The van der Waals surface area contributed by atoms with Crippen molar-refractivity contribution in [3.8, 4) is 5.75 Å². The van der Waals surface area contributed by atoms with Gasteiger partial charge in [-0.05, 0) is 6.07 Å². The Bertz CT molecular complexity index is 397. The van der Waals surface area contributed by atoms with E-state index in [-0.39, 0.29) is 11.3 Å². The molecule has 2 amide bonds. The number of H-pyrrole nitrogens is 1. The van der Waals surface area contributed by atoms with Crippen LogP contribution >= 0.6 is 0 Å². The molecule has 0 fully saturated rings. The minimum atomic E-state index is -0.237. The molecule has 1 rings (SSSR count). The fourth-order valence-electron chi connectivity index (χ4n) is 1.17. The highest BCUT2D eigenvalue weighted by Gasteiger charge is 2.21. The lowest BCUT2D eigenvalue weighted by Gasteiger charge is -2.11. The molecule has 82 valence electrons. The number of nitrogens with zero attached hydrogens (tertiary/aromatic N) is 2. The van der Waals surface area contributed by atoms with Gasteiger partial charge in [-0.2, -0.15) is 4.42 Å². The standard InChI is InChI=1S/C10H15N3O2/c1-12(2)10(13(3)4)15-8-6-5-7-11-9(8)14/h5-7H,1-4H3/p+1. The van der Waals surface area contributed by atoms with Crippen molar-refractivity contribution in [2.24, 2.45) is 0 Å². The highest BCUT2D eigenvalue weighted by atomic mass is 16.4. The first-order valence-corrected chi connectivity index (χ1v) is 4.59. The van der Waals surface area contributed by atoms with Crippen LogP contribution in [0.3, 0.4) is 0 Å². The van der Waals surface area contributed by atoms with Crippen molar-refractivity contribution in [1.82, 2.24) is 14.8 Å². The summed E-state index contributed by atoms with van der Waals surface area (Å²) < 4.78 is 5.49. The van der Waals surface area contributed by atoms with Crippen LogP contribution in [-0.4, -0.2) is 49.0 Å². The van der Waals surface area contributed by atoms with Crippen LogP contribution in [-0.2, 0) is 0 Å². The molecule has 0 aliphatic heterocycles. The van der Waals surface area contributed by atoms with Gasteiger partial charge >= 0.3 is 17.3 Å². The average Bonchev–Trinajstić information content (AvgIpc) is 2.15. The second-order valence-corrected chi connectivity index (χ2v) is 3.54. The summed E-state index contributed by atoms with van der Waals surface area (Å²) in [6.45, 7) is 0. The Morgan fingerprint density at radius 1 is 1.27 bits per heavy atom. The van der Waals surface area contributed by atoms with Crippen LogP contribution in [0.25, 0.3) is 0 Å². The molecule has 1 aromatic heterocycles. The fourth-order valence-corrected chi connectivity index (χ4v) is 1.17. The number of carbonyl (C=O) groups excluding carboxylic acids is 1. The third-order valence-electron chi connectivity index (χ3n) is 1.75. The molecular weight excluding hydrogens is 194 g/mol. The van der Waals surface area contributed by atoms with Crippen molar-refractivity contribution in [1.29, 1.82) is 0 Å². The van der Waals surface area contributed by atoms with Crippen LogP contribution < -0.4 is 5.56 Å². The minimum absolute atomic E-state index is 0.237. The summed E-state index contributed by atoms with van der Waals surface area (Å²) in [7, 11) is 7.41. The van der Waals surface area contributed by atoms with E-state index in [9.17, 15) is 4.79 Å². The Morgan fingerprint density at radius 3 is 2.33 bits per heavy atom. The Balaban J connectivity index is 3.14. The highest BCUT2D eigenvalue weighted by molar-refractivity contribution is 5.74. The molecule has 0 saturated heterocycles. The Kier molecular flexibility index (Phi) is 3.49. The molecule has 0 unspecified atom stereocenters. The lowest BCUT2D eigenvalue weighted by atomic mass is 10.5. The molecular formula is C10H16N3O2+. The lowest BCUT2D eigenvalue weighted by molar-refractivity contribution is -0.0498. The van der Waals surface area contributed by atoms with Gasteiger partial charge in [0.15, 0.2) is 0 Å². The van der Waals surface area contributed by atoms with Gasteiger partial charge in [-0.3, -0.25) is 14.6 Å². The van der Waals surface area contributed by atoms with E-state index in [0.717, 1.165) is 0 Å². The quantitative estimate of drug-likeness (QED) is 0.687. The van der Waals surface area contributed by atoms with Gasteiger partial charge in [0.2, 0.25) is 0 Å². The van der Waals surface area contributed by atoms with Gasteiger partial charge in [0.1, 0.15) is 0 Å². The van der Waals surface area contributed by atoms with Crippen molar-refractivity contribution in [3.63, 3.8) is 0 Å². The number of amides is 2. The predicted molar refractivity (Wildman–Crippen MR) is 59.3 cm³/mol. The summed E-state index contributed by atoms with van der Waals surface area (Å²) in [6.07, 6.45) is 1.57. The maximum absolute atomic E-state index is 11.4. The van der Waals surface area contributed by atoms with Crippen LogP contribution in [0.2, 0.25) is 0 Å². The van der Waals surface area contributed by atoms with Crippen LogP contribution in [0.4, 0.5) is 4.42 Å².